The standard InChI is InChI=1S/C7H12N4O2/c1-11-4-6(2-9-11)3-10-13-5-7(8)12/h2,4,10H,3,5H2,1H3,(H2,8,12). The molecule has 1 aromatic rings. The SMILES string of the molecule is Cn1cc(CNOCC(N)=O)cn1. The van der Waals surface area contributed by atoms with Gasteiger partial charge in [-0.15, -0.1) is 0 Å². The molecular formula is C7H12N4O2. The van der Waals surface area contributed by atoms with Crippen LogP contribution in [0.15, 0.2) is 12.4 Å². The molecule has 0 aromatic carbocycles. The second-order valence-electron chi connectivity index (χ2n) is 2.60. The van der Waals surface area contributed by atoms with E-state index in [9.17, 15) is 4.79 Å². The van der Waals surface area contributed by atoms with Crippen LogP contribution in [-0.4, -0.2) is 22.3 Å². The van der Waals surface area contributed by atoms with Gasteiger partial charge in [-0.3, -0.25) is 14.3 Å². The zero-order chi connectivity index (χ0) is 9.68. The molecule has 0 atom stereocenters. The normalized spacial score (nSPS) is 10.2. The van der Waals surface area contributed by atoms with Crippen LogP contribution in [0.1, 0.15) is 5.56 Å². The molecule has 0 bridgehead atoms. The Labute approximate surface area is 75.6 Å². The summed E-state index contributed by atoms with van der Waals surface area (Å²) in [6, 6.07) is 0. The number of hydrogen-bond donors (Lipinski definition) is 2. The predicted molar refractivity (Wildman–Crippen MR) is 45.2 cm³/mol. The van der Waals surface area contributed by atoms with Crippen LogP contribution >= 0.6 is 0 Å². The molecule has 0 radical (unpaired) electrons. The molecule has 0 fully saturated rings. The maximum Gasteiger partial charge on any atom is 0.245 e. The molecule has 1 rings (SSSR count). The molecular weight excluding hydrogens is 172 g/mol. The first-order valence-corrected chi connectivity index (χ1v) is 3.79. The number of hydroxylamine groups is 1. The molecule has 1 amide bonds. The summed E-state index contributed by atoms with van der Waals surface area (Å²) in [5, 5.41) is 3.96. The summed E-state index contributed by atoms with van der Waals surface area (Å²) in [7, 11) is 1.83. The lowest BCUT2D eigenvalue weighted by atomic mass is 10.4. The Balaban J connectivity index is 2.16. The minimum atomic E-state index is -0.501. The first kappa shape index (κ1) is 9.69. The van der Waals surface area contributed by atoms with Gasteiger partial charge in [-0.05, 0) is 0 Å². The quantitative estimate of drug-likeness (QED) is 0.451. The monoisotopic (exact) mass is 184 g/mol. The minimum absolute atomic E-state index is 0.125. The first-order valence-electron chi connectivity index (χ1n) is 3.79. The van der Waals surface area contributed by atoms with Crippen LogP contribution in [-0.2, 0) is 23.2 Å². The van der Waals surface area contributed by atoms with Crippen molar-refractivity contribution in [1.82, 2.24) is 15.3 Å². The smallest absolute Gasteiger partial charge is 0.245 e. The molecule has 0 saturated heterocycles. The van der Waals surface area contributed by atoms with Crippen LogP contribution in [0.25, 0.3) is 0 Å². The van der Waals surface area contributed by atoms with Crippen LogP contribution < -0.4 is 11.2 Å². The van der Waals surface area contributed by atoms with Crippen molar-refractivity contribution in [3.05, 3.63) is 18.0 Å². The van der Waals surface area contributed by atoms with Crippen molar-refractivity contribution in [1.29, 1.82) is 0 Å². The number of nitrogens with two attached hydrogens (primary N) is 1. The van der Waals surface area contributed by atoms with E-state index >= 15 is 0 Å². The summed E-state index contributed by atoms with van der Waals surface area (Å²) in [6.07, 6.45) is 3.56. The molecule has 0 spiro atoms. The Hall–Kier alpha value is -1.40. The molecule has 6 heteroatoms. The number of nitrogens with one attached hydrogen (secondary N) is 1. The van der Waals surface area contributed by atoms with Crippen LogP contribution in [0.3, 0.4) is 0 Å². The van der Waals surface area contributed by atoms with E-state index in [0.29, 0.717) is 6.54 Å². The average molecular weight is 184 g/mol. The number of aromatic nitrogens is 2. The van der Waals surface area contributed by atoms with Gasteiger partial charge in [0.25, 0.3) is 0 Å². The lowest BCUT2D eigenvalue weighted by molar-refractivity contribution is -0.125. The predicted octanol–water partition coefficient (Wildman–Crippen LogP) is -1.07. The summed E-state index contributed by atoms with van der Waals surface area (Å²) >= 11 is 0. The van der Waals surface area contributed by atoms with Crippen molar-refractivity contribution in [2.45, 2.75) is 6.54 Å². The van der Waals surface area contributed by atoms with Crippen molar-refractivity contribution in [2.75, 3.05) is 6.61 Å². The summed E-state index contributed by atoms with van der Waals surface area (Å²) in [4.78, 5) is 15.0. The minimum Gasteiger partial charge on any atom is -0.368 e. The Bertz CT molecular complexity index is 284. The Morgan fingerprint density at radius 1 is 1.85 bits per heavy atom. The Morgan fingerprint density at radius 2 is 2.62 bits per heavy atom. The maximum atomic E-state index is 10.3. The highest BCUT2D eigenvalue weighted by Crippen LogP contribution is 1.94. The molecule has 0 unspecified atom stereocenters. The molecule has 3 N–H and O–H groups in total. The number of carbonyl (C=O) groups is 1. The fourth-order valence-corrected chi connectivity index (χ4v) is 0.820. The van der Waals surface area contributed by atoms with Crippen molar-refractivity contribution in [3.63, 3.8) is 0 Å². The molecule has 6 nitrogen and oxygen atoms in total. The number of hydrogen-bond acceptors (Lipinski definition) is 4. The molecule has 0 aliphatic heterocycles. The van der Waals surface area contributed by atoms with Gasteiger partial charge in [-0.2, -0.15) is 10.6 Å². The van der Waals surface area contributed by atoms with Crippen molar-refractivity contribution < 1.29 is 9.63 Å². The van der Waals surface area contributed by atoms with E-state index in [-0.39, 0.29) is 6.61 Å². The van der Waals surface area contributed by atoms with Gasteiger partial charge in [0.1, 0.15) is 6.61 Å². The number of rotatable bonds is 5. The number of carbonyl (C=O) groups excluding carboxylic acids is 1. The van der Waals surface area contributed by atoms with Gasteiger partial charge in [0.15, 0.2) is 0 Å². The van der Waals surface area contributed by atoms with Crippen LogP contribution in [0.2, 0.25) is 0 Å². The topological polar surface area (TPSA) is 82.2 Å². The molecule has 0 saturated carbocycles. The number of primary amides is 1. The average Bonchev–Trinajstić information content (AvgIpc) is 2.45. The zero-order valence-corrected chi connectivity index (χ0v) is 7.36. The third-order valence-corrected chi connectivity index (χ3v) is 1.35. The third kappa shape index (κ3) is 3.68. The largest absolute Gasteiger partial charge is 0.368 e. The molecule has 1 aromatic heterocycles. The van der Waals surface area contributed by atoms with E-state index in [1.807, 2.05) is 13.2 Å². The van der Waals surface area contributed by atoms with Crippen molar-refractivity contribution in [3.8, 4) is 0 Å². The second-order valence-corrected chi connectivity index (χ2v) is 2.60. The third-order valence-electron chi connectivity index (χ3n) is 1.35. The van der Waals surface area contributed by atoms with E-state index in [2.05, 4.69) is 10.6 Å². The molecule has 1 heterocycles. The summed E-state index contributed by atoms with van der Waals surface area (Å²) in [5.74, 6) is -0.501. The van der Waals surface area contributed by atoms with E-state index in [0.717, 1.165) is 5.56 Å². The van der Waals surface area contributed by atoms with Gasteiger partial charge < -0.3 is 5.73 Å². The first-order chi connectivity index (χ1) is 6.18. The highest BCUT2D eigenvalue weighted by Gasteiger charge is 1.96. The van der Waals surface area contributed by atoms with Gasteiger partial charge >= 0.3 is 0 Å². The van der Waals surface area contributed by atoms with Crippen LogP contribution in [0.5, 0.6) is 0 Å². The fraction of sp³-hybridized carbons (Fsp3) is 0.429. The zero-order valence-electron chi connectivity index (χ0n) is 7.36. The highest BCUT2D eigenvalue weighted by molar-refractivity contribution is 5.74. The maximum absolute atomic E-state index is 10.3. The van der Waals surface area contributed by atoms with Gasteiger partial charge in [-0.25, -0.2) is 0 Å². The van der Waals surface area contributed by atoms with E-state index in [1.54, 1.807) is 10.9 Å². The summed E-state index contributed by atoms with van der Waals surface area (Å²) in [5.41, 5.74) is 8.43. The number of nitrogens with zero attached hydrogens (tertiary/aromatic N) is 2. The van der Waals surface area contributed by atoms with Crippen molar-refractivity contribution in [2.24, 2.45) is 12.8 Å². The van der Waals surface area contributed by atoms with Crippen LogP contribution in [0, 0.1) is 0 Å². The van der Waals surface area contributed by atoms with Crippen molar-refractivity contribution >= 4 is 5.91 Å². The van der Waals surface area contributed by atoms with Gasteiger partial charge in [0.2, 0.25) is 5.91 Å². The summed E-state index contributed by atoms with van der Waals surface area (Å²) < 4.78 is 1.69. The van der Waals surface area contributed by atoms with Crippen LogP contribution in [0.4, 0.5) is 0 Å². The lowest BCUT2D eigenvalue weighted by Crippen LogP contribution is -2.24. The molecule has 0 aliphatic carbocycles. The lowest BCUT2D eigenvalue weighted by Gasteiger charge is -2.00. The van der Waals surface area contributed by atoms with Gasteiger partial charge in [0.05, 0.1) is 6.20 Å². The van der Waals surface area contributed by atoms with E-state index in [1.165, 1.54) is 0 Å². The van der Waals surface area contributed by atoms with Gasteiger partial charge in [0, 0.05) is 25.4 Å². The molecule has 13 heavy (non-hydrogen) atoms. The number of aryl methyl sites for hydroxylation is 1. The van der Waals surface area contributed by atoms with E-state index < -0.39 is 5.91 Å². The highest BCUT2D eigenvalue weighted by atomic mass is 16.6. The van der Waals surface area contributed by atoms with Gasteiger partial charge in [-0.1, -0.05) is 0 Å². The number of amides is 1. The fourth-order valence-electron chi connectivity index (χ4n) is 0.820. The molecule has 0 aliphatic rings. The Kier molecular flexibility index (Phi) is 3.41. The second kappa shape index (κ2) is 4.58. The Morgan fingerprint density at radius 3 is 3.15 bits per heavy atom. The molecule has 72 valence electrons. The summed E-state index contributed by atoms with van der Waals surface area (Å²) in [6.45, 7) is 0.376. The van der Waals surface area contributed by atoms with E-state index in [4.69, 9.17) is 10.6 Å².